The smallest absolute Gasteiger partial charge is 0.462 e. The van der Waals surface area contributed by atoms with Gasteiger partial charge in [0.05, 0.1) is 13.2 Å². The van der Waals surface area contributed by atoms with E-state index in [1.807, 2.05) is 0 Å². The van der Waals surface area contributed by atoms with Gasteiger partial charge in [-0.05, 0) is 12.8 Å². The number of hydrogen-bond donors (Lipinski definition) is 2. The third-order valence-corrected chi connectivity index (χ3v) is 12.7. The van der Waals surface area contributed by atoms with Gasteiger partial charge in [-0.1, -0.05) is 251 Å². The summed E-state index contributed by atoms with van der Waals surface area (Å²) in [6, 6.07) is 0. The van der Waals surface area contributed by atoms with Gasteiger partial charge in [0, 0.05) is 19.4 Å². The largest absolute Gasteiger partial charge is 0.472 e. The molecule has 0 aliphatic carbocycles. The van der Waals surface area contributed by atoms with Crippen LogP contribution < -0.4 is 5.73 Å². The lowest BCUT2D eigenvalue weighted by Crippen LogP contribution is -2.29. The molecule has 0 aromatic rings. The second kappa shape index (κ2) is 47.5. The lowest BCUT2D eigenvalue weighted by Gasteiger charge is -2.19. The van der Waals surface area contributed by atoms with E-state index in [9.17, 15) is 19.0 Å². The van der Waals surface area contributed by atoms with Crippen molar-refractivity contribution < 1.29 is 37.6 Å². The van der Waals surface area contributed by atoms with E-state index in [1.165, 1.54) is 212 Å². The van der Waals surface area contributed by atoms with Crippen LogP contribution in [0.5, 0.6) is 0 Å². The Kier molecular flexibility index (Phi) is 46.7. The number of rotatable bonds is 50. The van der Waals surface area contributed by atoms with Crippen molar-refractivity contribution in [2.45, 2.75) is 283 Å². The lowest BCUT2D eigenvalue weighted by molar-refractivity contribution is -0.161. The highest BCUT2D eigenvalue weighted by Crippen LogP contribution is 2.43. The van der Waals surface area contributed by atoms with Gasteiger partial charge in [-0.25, -0.2) is 4.57 Å². The van der Waals surface area contributed by atoms with E-state index in [0.717, 1.165) is 32.1 Å². The number of ether oxygens (including phenoxy) is 2. The van der Waals surface area contributed by atoms with E-state index < -0.39 is 26.5 Å². The quantitative estimate of drug-likeness (QED) is 0.0348. The molecule has 0 amide bonds. The maximum Gasteiger partial charge on any atom is 0.472 e. The standard InChI is InChI=1S/C50H100NO8P/c1-3-5-7-9-11-13-15-16-17-18-19-20-21-22-23-24-25-26-27-28-29-30-31-33-35-37-39-41-43-50(53)59-48(47-58-60(54,55)57-45-44-51)46-56-49(52)42-40-38-36-34-32-14-12-10-8-6-4-2/h48H,3-47,51H2,1-2H3,(H,54,55). The van der Waals surface area contributed by atoms with E-state index in [-0.39, 0.29) is 38.6 Å². The van der Waals surface area contributed by atoms with Crippen LogP contribution in [0.15, 0.2) is 0 Å². The maximum absolute atomic E-state index is 12.6. The first-order valence-electron chi connectivity index (χ1n) is 26.0. The molecule has 0 rings (SSSR count). The van der Waals surface area contributed by atoms with Gasteiger partial charge in [-0.15, -0.1) is 0 Å². The fourth-order valence-electron chi connectivity index (χ4n) is 7.87. The molecule has 9 nitrogen and oxygen atoms in total. The number of nitrogens with two attached hydrogens (primary N) is 1. The molecule has 0 aliphatic heterocycles. The highest BCUT2D eigenvalue weighted by Gasteiger charge is 2.26. The third-order valence-electron chi connectivity index (χ3n) is 11.7. The summed E-state index contributed by atoms with van der Waals surface area (Å²) in [5, 5.41) is 0. The summed E-state index contributed by atoms with van der Waals surface area (Å²) in [6.45, 7) is 3.78. The van der Waals surface area contributed by atoms with Gasteiger partial charge in [0.25, 0.3) is 0 Å². The Hall–Kier alpha value is -0.990. The molecule has 0 fully saturated rings. The van der Waals surface area contributed by atoms with E-state index in [4.69, 9.17) is 24.3 Å². The van der Waals surface area contributed by atoms with Gasteiger partial charge >= 0.3 is 19.8 Å². The van der Waals surface area contributed by atoms with Crippen LogP contribution in [0.4, 0.5) is 0 Å². The maximum atomic E-state index is 12.6. The van der Waals surface area contributed by atoms with Crippen molar-refractivity contribution in [1.29, 1.82) is 0 Å². The molecule has 2 unspecified atom stereocenters. The molecule has 0 saturated heterocycles. The van der Waals surface area contributed by atoms with Gasteiger partial charge in [0.15, 0.2) is 6.10 Å². The van der Waals surface area contributed by atoms with Crippen molar-refractivity contribution in [3.05, 3.63) is 0 Å². The first-order chi connectivity index (χ1) is 29.3. The SMILES string of the molecule is CCCCCCCCCCCCCCCCCCCCCCCCCCCCCCC(=O)OC(COC(=O)CCCCCCCCCCCCC)COP(=O)(O)OCCN. The monoisotopic (exact) mass is 874 g/mol. The molecule has 0 bridgehead atoms. The van der Waals surface area contributed by atoms with Crippen molar-refractivity contribution in [3.8, 4) is 0 Å². The fraction of sp³-hybridized carbons (Fsp3) is 0.960. The van der Waals surface area contributed by atoms with Gasteiger partial charge in [-0.2, -0.15) is 0 Å². The number of phosphoric acid groups is 1. The molecule has 10 heteroatoms. The summed E-state index contributed by atoms with van der Waals surface area (Å²) in [6.07, 6.45) is 50.2. The highest BCUT2D eigenvalue weighted by molar-refractivity contribution is 7.47. The van der Waals surface area contributed by atoms with Crippen LogP contribution in [0.25, 0.3) is 0 Å². The van der Waals surface area contributed by atoms with Crippen LogP contribution >= 0.6 is 7.82 Å². The second-order valence-electron chi connectivity index (χ2n) is 17.8. The molecule has 60 heavy (non-hydrogen) atoms. The molecule has 0 aromatic heterocycles. The number of carbonyl (C=O) groups is 2. The predicted octanol–water partition coefficient (Wildman–Crippen LogP) is 15.6. The summed E-state index contributed by atoms with van der Waals surface area (Å²) in [5.74, 6) is -0.810. The summed E-state index contributed by atoms with van der Waals surface area (Å²) >= 11 is 0. The summed E-state index contributed by atoms with van der Waals surface area (Å²) < 4.78 is 32.9. The van der Waals surface area contributed by atoms with Gasteiger partial charge in [0.2, 0.25) is 0 Å². The summed E-state index contributed by atoms with van der Waals surface area (Å²) in [7, 11) is -4.37. The Morgan fingerprint density at radius 2 is 0.717 bits per heavy atom. The Labute approximate surface area is 371 Å². The van der Waals surface area contributed by atoms with Crippen molar-refractivity contribution in [1.82, 2.24) is 0 Å². The molecule has 0 radical (unpaired) electrons. The molecule has 0 spiro atoms. The molecular formula is C50H100NO8P. The lowest BCUT2D eigenvalue weighted by atomic mass is 10.0. The summed E-state index contributed by atoms with van der Waals surface area (Å²) in [5.41, 5.74) is 5.36. The topological polar surface area (TPSA) is 134 Å². The van der Waals surface area contributed by atoms with E-state index >= 15 is 0 Å². The van der Waals surface area contributed by atoms with Crippen molar-refractivity contribution in [3.63, 3.8) is 0 Å². The number of esters is 2. The Morgan fingerprint density at radius 1 is 0.433 bits per heavy atom. The van der Waals surface area contributed by atoms with E-state index in [0.29, 0.717) is 6.42 Å². The first-order valence-corrected chi connectivity index (χ1v) is 27.5. The normalized spacial score (nSPS) is 13.1. The van der Waals surface area contributed by atoms with Crippen molar-refractivity contribution in [2.75, 3.05) is 26.4 Å². The minimum Gasteiger partial charge on any atom is -0.462 e. The molecule has 0 heterocycles. The third kappa shape index (κ3) is 46.5. The Morgan fingerprint density at radius 3 is 1.02 bits per heavy atom. The minimum atomic E-state index is -4.37. The van der Waals surface area contributed by atoms with Crippen LogP contribution in [0.1, 0.15) is 277 Å². The molecule has 0 aliphatic rings. The first kappa shape index (κ1) is 59.0. The highest BCUT2D eigenvalue weighted by atomic mass is 31.2. The van der Waals surface area contributed by atoms with Crippen molar-refractivity contribution >= 4 is 19.8 Å². The zero-order chi connectivity index (χ0) is 43.9. The Balaban J connectivity index is 3.85. The molecular weight excluding hydrogens is 774 g/mol. The number of hydrogen-bond acceptors (Lipinski definition) is 8. The number of carbonyl (C=O) groups excluding carboxylic acids is 2. The van der Waals surface area contributed by atoms with Crippen LogP contribution in [0, 0.1) is 0 Å². The molecule has 3 N–H and O–H groups in total. The van der Waals surface area contributed by atoms with Crippen molar-refractivity contribution in [2.24, 2.45) is 5.73 Å². The van der Waals surface area contributed by atoms with Gasteiger partial charge in [0.1, 0.15) is 6.61 Å². The van der Waals surface area contributed by atoms with Crippen LogP contribution in [-0.4, -0.2) is 49.3 Å². The number of phosphoric ester groups is 1. The molecule has 2 atom stereocenters. The van der Waals surface area contributed by atoms with Crippen LogP contribution in [0.2, 0.25) is 0 Å². The minimum absolute atomic E-state index is 0.0582. The summed E-state index contributed by atoms with van der Waals surface area (Å²) in [4.78, 5) is 34.9. The number of unbranched alkanes of at least 4 members (excludes halogenated alkanes) is 37. The molecule has 358 valence electrons. The zero-order valence-corrected chi connectivity index (χ0v) is 40.6. The average molecular weight is 874 g/mol. The fourth-order valence-corrected chi connectivity index (χ4v) is 8.64. The predicted molar refractivity (Wildman–Crippen MR) is 252 cm³/mol. The Bertz CT molecular complexity index is 953. The van der Waals surface area contributed by atoms with E-state index in [1.54, 1.807) is 0 Å². The average Bonchev–Trinajstić information content (AvgIpc) is 3.24. The van der Waals surface area contributed by atoms with Gasteiger partial charge in [-0.3, -0.25) is 18.6 Å². The molecule has 0 aromatic carbocycles. The van der Waals surface area contributed by atoms with Crippen LogP contribution in [0.3, 0.4) is 0 Å². The molecule has 0 saturated carbocycles. The zero-order valence-electron chi connectivity index (χ0n) is 39.7. The van der Waals surface area contributed by atoms with E-state index in [2.05, 4.69) is 13.8 Å². The van der Waals surface area contributed by atoms with Crippen LogP contribution in [-0.2, 0) is 32.7 Å². The van der Waals surface area contributed by atoms with Gasteiger partial charge < -0.3 is 20.1 Å². The second-order valence-corrected chi connectivity index (χ2v) is 19.2.